The molecule has 0 spiro atoms. The van der Waals surface area contributed by atoms with Crippen LogP contribution in [0, 0.1) is 11.8 Å². The minimum Gasteiger partial charge on any atom is -0.325 e. The molecule has 16 heavy (non-hydrogen) atoms. The fraction of sp³-hybridized carbons (Fsp3) is 0.923. The van der Waals surface area contributed by atoms with Crippen molar-refractivity contribution in [3.05, 3.63) is 0 Å². The van der Waals surface area contributed by atoms with E-state index in [1.165, 1.54) is 25.7 Å². The highest BCUT2D eigenvalue weighted by Crippen LogP contribution is 2.25. The van der Waals surface area contributed by atoms with Crippen LogP contribution in [0.1, 0.15) is 39.5 Å². The minimum absolute atomic E-state index is 0.291. The second-order valence-electron chi connectivity index (χ2n) is 5.55. The summed E-state index contributed by atoms with van der Waals surface area (Å²) in [6.07, 6.45) is 4.76. The summed E-state index contributed by atoms with van der Waals surface area (Å²) in [7, 11) is 0. The smallest absolute Gasteiger partial charge is 0.319 e. The molecule has 0 aromatic heterocycles. The van der Waals surface area contributed by atoms with Crippen molar-refractivity contribution in [1.29, 1.82) is 0 Å². The van der Waals surface area contributed by atoms with Crippen molar-refractivity contribution in [2.45, 2.75) is 39.5 Å². The van der Waals surface area contributed by atoms with Crippen molar-refractivity contribution in [3.8, 4) is 0 Å². The number of carbonyl (C=O) groups excluding carboxylic acids is 1. The third-order valence-corrected chi connectivity index (χ3v) is 4.13. The second kappa shape index (κ2) is 5.07. The van der Waals surface area contributed by atoms with E-state index < -0.39 is 0 Å². The molecule has 0 radical (unpaired) electrons. The maximum Gasteiger partial charge on any atom is 0.319 e. The average Bonchev–Trinajstić information content (AvgIpc) is 2.81. The van der Waals surface area contributed by atoms with Crippen LogP contribution in [-0.2, 0) is 0 Å². The molecule has 2 saturated heterocycles. The number of amides is 2. The van der Waals surface area contributed by atoms with Gasteiger partial charge in [-0.15, -0.1) is 0 Å². The molecule has 2 rings (SSSR count). The first kappa shape index (κ1) is 11.7. The zero-order chi connectivity index (χ0) is 11.5. The lowest BCUT2D eigenvalue weighted by Crippen LogP contribution is -2.46. The molecule has 0 aromatic rings. The summed E-state index contributed by atoms with van der Waals surface area (Å²) in [4.78, 5) is 16.2. The Morgan fingerprint density at radius 2 is 1.50 bits per heavy atom. The van der Waals surface area contributed by atoms with Gasteiger partial charge in [0.1, 0.15) is 0 Å². The van der Waals surface area contributed by atoms with E-state index >= 15 is 0 Å². The van der Waals surface area contributed by atoms with Crippen LogP contribution >= 0.6 is 0 Å². The van der Waals surface area contributed by atoms with E-state index in [1.54, 1.807) is 0 Å². The third-order valence-electron chi connectivity index (χ3n) is 4.13. The van der Waals surface area contributed by atoms with Gasteiger partial charge in [-0.25, -0.2) is 4.79 Å². The Morgan fingerprint density at radius 1 is 1.00 bits per heavy atom. The van der Waals surface area contributed by atoms with Crippen molar-refractivity contribution in [3.63, 3.8) is 0 Å². The van der Waals surface area contributed by atoms with Crippen LogP contribution in [0.4, 0.5) is 4.79 Å². The lowest BCUT2D eigenvalue weighted by Gasteiger charge is -2.35. The SMILES string of the molecule is CC(C)C1CCN(C(=O)N2CCCC2)CC1. The lowest BCUT2D eigenvalue weighted by atomic mass is 9.87. The van der Waals surface area contributed by atoms with Gasteiger partial charge in [0.25, 0.3) is 0 Å². The van der Waals surface area contributed by atoms with Crippen molar-refractivity contribution in [2.24, 2.45) is 11.8 Å². The highest BCUT2D eigenvalue weighted by molar-refractivity contribution is 5.74. The molecule has 0 atom stereocenters. The number of rotatable bonds is 1. The molecule has 2 aliphatic rings. The van der Waals surface area contributed by atoms with Crippen molar-refractivity contribution < 1.29 is 4.79 Å². The standard InChI is InChI=1S/C13H24N2O/c1-11(2)12-5-9-15(10-6-12)13(16)14-7-3-4-8-14/h11-12H,3-10H2,1-2H3. The van der Waals surface area contributed by atoms with E-state index in [4.69, 9.17) is 0 Å². The molecular formula is C13H24N2O. The zero-order valence-electron chi connectivity index (χ0n) is 10.6. The Morgan fingerprint density at radius 3 is 2.00 bits per heavy atom. The molecule has 0 saturated carbocycles. The summed E-state index contributed by atoms with van der Waals surface area (Å²) in [5.74, 6) is 1.59. The van der Waals surface area contributed by atoms with Crippen LogP contribution < -0.4 is 0 Å². The molecule has 0 unspecified atom stereocenters. The molecule has 3 nitrogen and oxygen atoms in total. The van der Waals surface area contributed by atoms with Crippen molar-refractivity contribution in [1.82, 2.24) is 9.80 Å². The van der Waals surface area contributed by atoms with Gasteiger partial charge in [-0.2, -0.15) is 0 Å². The Labute approximate surface area is 98.8 Å². The zero-order valence-corrected chi connectivity index (χ0v) is 10.6. The predicted molar refractivity (Wildman–Crippen MR) is 65.3 cm³/mol. The summed E-state index contributed by atoms with van der Waals surface area (Å²) in [5.41, 5.74) is 0. The number of hydrogen-bond acceptors (Lipinski definition) is 1. The average molecular weight is 224 g/mol. The number of urea groups is 1. The van der Waals surface area contributed by atoms with Crippen molar-refractivity contribution in [2.75, 3.05) is 26.2 Å². The van der Waals surface area contributed by atoms with Crippen LogP contribution in [0.15, 0.2) is 0 Å². The molecule has 0 aliphatic carbocycles. The Hall–Kier alpha value is -0.730. The third kappa shape index (κ3) is 2.50. The Balaban J connectivity index is 1.81. The van der Waals surface area contributed by atoms with Gasteiger partial charge in [0.05, 0.1) is 0 Å². The largest absolute Gasteiger partial charge is 0.325 e. The van der Waals surface area contributed by atoms with Crippen LogP contribution in [0.5, 0.6) is 0 Å². The number of nitrogens with zero attached hydrogens (tertiary/aromatic N) is 2. The van der Waals surface area contributed by atoms with Gasteiger partial charge in [0.2, 0.25) is 0 Å². The van der Waals surface area contributed by atoms with E-state index in [0.717, 1.165) is 38.0 Å². The molecule has 2 heterocycles. The molecule has 0 bridgehead atoms. The quantitative estimate of drug-likeness (QED) is 0.671. The van der Waals surface area contributed by atoms with Gasteiger partial charge in [-0.3, -0.25) is 0 Å². The fourth-order valence-corrected chi connectivity index (χ4v) is 2.87. The summed E-state index contributed by atoms with van der Waals surface area (Å²) >= 11 is 0. The topological polar surface area (TPSA) is 23.6 Å². The summed E-state index contributed by atoms with van der Waals surface area (Å²) in [5, 5.41) is 0. The predicted octanol–water partition coefficient (Wildman–Crippen LogP) is 2.57. The molecule has 3 heteroatoms. The Bertz CT molecular complexity index is 238. The first-order chi connectivity index (χ1) is 7.68. The van der Waals surface area contributed by atoms with Crippen LogP contribution in [0.25, 0.3) is 0 Å². The molecule has 92 valence electrons. The fourth-order valence-electron chi connectivity index (χ4n) is 2.87. The maximum atomic E-state index is 12.1. The van der Waals surface area contributed by atoms with E-state index in [-0.39, 0.29) is 0 Å². The maximum absolute atomic E-state index is 12.1. The summed E-state index contributed by atoms with van der Waals surface area (Å²) in [6.45, 7) is 8.48. The number of piperidine rings is 1. The normalized spacial score (nSPS) is 23.2. The van der Waals surface area contributed by atoms with Gasteiger partial charge in [-0.05, 0) is 37.5 Å². The van der Waals surface area contributed by atoms with Gasteiger partial charge >= 0.3 is 6.03 Å². The van der Waals surface area contributed by atoms with Gasteiger partial charge in [0.15, 0.2) is 0 Å². The summed E-state index contributed by atoms with van der Waals surface area (Å²) in [6, 6.07) is 0.291. The second-order valence-corrected chi connectivity index (χ2v) is 5.55. The van der Waals surface area contributed by atoms with Gasteiger partial charge in [-0.1, -0.05) is 13.8 Å². The highest BCUT2D eigenvalue weighted by atomic mass is 16.2. The number of likely N-dealkylation sites (tertiary alicyclic amines) is 2. The number of hydrogen-bond donors (Lipinski definition) is 0. The van der Waals surface area contributed by atoms with E-state index in [9.17, 15) is 4.79 Å². The van der Waals surface area contributed by atoms with Gasteiger partial charge < -0.3 is 9.80 Å². The first-order valence-electron chi connectivity index (χ1n) is 6.72. The first-order valence-corrected chi connectivity index (χ1v) is 6.72. The molecule has 0 aromatic carbocycles. The monoisotopic (exact) mass is 224 g/mol. The molecular weight excluding hydrogens is 200 g/mol. The van der Waals surface area contributed by atoms with Crippen LogP contribution in [0.3, 0.4) is 0 Å². The Kier molecular flexibility index (Phi) is 3.72. The van der Waals surface area contributed by atoms with Crippen LogP contribution in [0.2, 0.25) is 0 Å². The number of carbonyl (C=O) groups is 1. The van der Waals surface area contributed by atoms with E-state index in [0.29, 0.717) is 6.03 Å². The van der Waals surface area contributed by atoms with E-state index in [2.05, 4.69) is 18.7 Å². The van der Waals surface area contributed by atoms with Crippen molar-refractivity contribution >= 4 is 6.03 Å². The molecule has 2 amide bonds. The lowest BCUT2D eigenvalue weighted by molar-refractivity contribution is 0.130. The summed E-state index contributed by atoms with van der Waals surface area (Å²) < 4.78 is 0. The molecule has 0 N–H and O–H groups in total. The minimum atomic E-state index is 0.291. The molecule has 2 aliphatic heterocycles. The van der Waals surface area contributed by atoms with Gasteiger partial charge in [0, 0.05) is 26.2 Å². The molecule has 2 fully saturated rings. The highest BCUT2D eigenvalue weighted by Gasteiger charge is 2.28. The van der Waals surface area contributed by atoms with Crippen LogP contribution in [-0.4, -0.2) is 42.0 Å². The van der Waals surface area contributed by atoms with E-state index in [1.807, 2.05) is 4.90 Å².